The largest absolute Gasteiger partial charge is 0.383 e. The van der Waals surface area contributed by atoms with E-state index in [1.54, 1.807) is 19.6 Å². The number of rotatable bonds is 6. The number of amides is 1. The average Bonchev–Trinajstić information content (AvgIpc) is 2.90. The third-order valence-corrected chi connectivity index (χ3v) is 3.71. The minimum atomic E-state index is -0.685. The van der Waals surface area contributed by atoms with E-state index < -0.39 is 5.60 Å². The van der Waals surface area contributed by atoms with Gasteiger partial charge >= 0.3 is 0 Å². The Balaban J connectivity index is 1.88. The summed E-state index contributed by atoms with van der Waals surface area (Å²) in [5, 5.41) is 2.95. The van der Waals surface area contributed by atoms with Crippen LogP contribution in [0.3, 0.4) is 0 Å². The van der Waals surface area contributed by atoms with Crippen molar-refractivity contribution in [2.24, 2.45) is 0 Å². The van der Waals surface area contributed by atoms with Gasteiger partial charge in [0.15, 0.2) is 0 Å². The molecule has 0 radical (unpaired) electrons. The molecule has 1 fully saturated rings. The Morgan fingerprint density at radius 2 is 2.45 bits per heavy atom. The van der Waals surface area contributed by atoms with Gasteiger partial charge in [0.1, 0.15) is 5.60 Å². The molecule has 0 unspecified atom stereocenters. The Labute approximate surface area is 119 Å². The Morgan fingerprint density at radius 1 is 1.60 bits per heavy atom. The van der Waals surface area contributed by atoms with Crippen LogP contribution in [0.5, 0.6) is 0 Å². The first kappa shape index (κ1) is 15.0. The lowest BCUT2D eigenvalue weighted by Gasteiger charge is -2.32. The first-order valence-corrected chi connectivity index (χ1v) is 7.06. The fourth-order valence-electron chi connectivity index (χ4n) is 2.36. The molecule has 6 nitrogen and oxygen atoms in total. The molecule has 0 aliphatic carbocycles. The molecule has 6 heteroatoms. The van der Waals surface area contributed by atoms with Crippen LogP contribution in [0.15, 0.2) is 12.5 Å². The SMILES string of the molecule is COCCn1cncc1CNC(=O)[C@@]1(C)CCCCO1. The molecular formula is C14H23N3O3. The summed E-state index contributed by atoms with van der Waals surface area (Å²) in [7, 11) is 1.67. The van der Waals surface area contributed by atoms with E-state index in [9.17, 15) is 4.79 Å². The monoisotopic (exact) mass is 281 g/mol. The summed E-state index contributed by atoms with van der Waals surface area (Å²) in [6.07, 6.45) is 6.36. The highest BCUT2D eigenvalue weighted by Gasteiger charge is 2.35. The van der Waals surface area contributed by atoms with Crippen molar-refractivity contribution in [1.29, 1.82) is 0 Å². The van der Waals surface area contributed by atoms with Crippen molar-refractivity contribution in [3.63, 3.8) is 0 Å². The minimum absolute atomic E-state index is 0.0447. The van der Waals surface area contributed by atoms with Crippen molar-refractivity contribution in [3.05, 3.63) is 18.2 Å². The molecule has 1 aliphatic heterocycles. The third-order valence-electron chi connectivity index (χ3n) is 3.71. The summed E-state index contributed by atoms with van der Waals surface area (Å²) in [5.74, 6) is -0.0447. The van der Waals surface area contributed by atoms with Crippen LogP contribution in [-0.2, 0) is 27.4 Å². The molecule has 1 aromatic rings. The van der Waals surface area contributed by atoms with E-state index in [1.807, 2.05) is 11.5 Å². The number of hydrogen-bond donors (Lipinski definition) is 1. The maximum atomic E-state index is 12.2. The van der Waals surface area contributed by atoms with Crippen molar-refractivity contribution in [2.45, 2.75) is 44.9 Å². The lowest BCUT2D eigenvalue weighted by molar-refractivity contribution is -0.150. The van der Waals surface area contributed by atoms with Crippen LogP contribution < -0.4 is 5.32 Å². The van der Waals surface area contributed by atoms with Gasteiger partial charge in [-0.3, -0.25) is 4.79 Å². The maximum Gasteiger partial charge on any atom is 0.252 e. The highest BCUT2D eigenvalue weighted by Crippen LogP contribution is 2.24. The van der Waals surface area contributed by atoms with Gasteiger partial charge < -0.3 is 19.4 Å². The van der Waals surface area contributed by atoms with Crippen molar-refractivity contribution < 1.29 is 14.3 Å². The first-order valence-electron chi connectivity index (χ1n) is 7.06. The van der Waals surface area contributed by atoms with Crippen molar-refractivity contribution in [2.75, 3.05) is 20.3 Å². The van der Waals surface area contributed by atoms with E-state index in [0.29, 0.717) is 19.8 Å². The lowest BCUT2D eigenvalue weighted by Crippen LogP contribution is -2.48. The number of hydrogen-bond acceptors (Lipinski definition) is 4. The van der Waals surface area contributed by atoms with Crippen LogP contribution in [0.4, 0.5) is 0 Å². The van der Waals surface area contributed by atoms with Crippen LogP contribution in [0.25, 0.3) is 0 Å². The maximum absolute atomic E-state index is 12.2. The van der Waals surface area contributed by atoms with Crippen LogP contribution >= 0.6 is 0 Å². The molecule has 1 atom stereocenters. The quantitative estimate of drug-likeness (QED) is 0.848. The molecule has 0 spiro atoms. The molecule has 0 bridgehead atoms. The molecule has 2 heterocycles. The lowest BCUT2D eigenvalue weighted by atomic mass is 9.95. The highest BCUT2D eigenvalue weighted by atomic mass is 16.5. The number of aromatic nitrogens is 2. The van der Waals surface area contributed by atoms with Crippen LogP contribution in [0, 0.1) is 0 Å². The molecule has 1 aliphatic rings. The smallest absolute Gasteiger partial charge is 0.252 e. The summed E-state index contributed by atoms with van der Waals surface area (Å²) >= 11 is 0. The molecule has 112 valence electrons. The molecule has 2 rings (SSSR count). The second-order valence-electron chi connectivity index (χ2n) is 5.29. The minimum Gasteiger partial charge on any atom is -0.383 e. The molecule has 1 N–H and O–H groups in total. The Hall–Kier alpha value is -1.40. The van der Waals surface area contributed by atoms with Gasteiger partial charge in [-0.15, -0.1) is 0 Å². The first-order chi connectivity index (χ1) is 9.65. The normalized spacial score (nSPS) is 22.7. The van der Waals surface area contributed by atoms with Crippen LogP contribution in [0.2, 0.25) is 0 Å². The predicted molar refractivity (Wildman–Crippen MR) is 74.2 cm³/mol. The highest BCUT2D eigenvalue weighted by molar-refractivity contribution is 5.84. The summed E-state index contributed by atoms with van der Waals surface area (Å²) in [6, 6.07) is 0. The number of carbonyl (C=O) groups excluding carboxylic acids is 1. The second kappa shape index (κ2) is 6.85. The molecule has 1 amide bonds. The van der Waals surface area contributed by atoms with Gasteiger partial charge in [-0.1, -0.05) is 0 Å². The Bertz CT molecular complexity index is 439. The van der Waals surface area contributed by atoms with Crippen molar-refractivity contribution >= 4 is 5.91 Å². The van der Waals surface area contributed by atoms with Gasteiger partial charge in [0, 0.05) is 26.5 Å². The number of carbonyl (C=O) groups is 1. The zero-order valence-electron chi connectivity index (χ0n) is 12.2. The molecule has 0 aromatic carbocycles. The molecule has 0 saturated carbocycles. The topological polar surface area (TPSA) is 65.4 Å². The Morgan fingerprint density at radius 3 is 3.15 bits per heavy atom. The average molecular weight is 281 g/mol. The van der Waals surface area contributed by atoms with Gasteiger partial charge in [0.25, 0.3) is 5.91 Å². The van der Waals surface area contributed by atoms with Gasteiger partial charge in [-0.2, -0.15) is 0 Å². The predicted octanol–water partition coefficient (Wildman–Crippen LogP) is 1.10. The standard InChI is InChI=1S/C14H23N3O3/c1-14(5-3-4-7-20-14)13(18)16-10-12-9-15-11-17(12)6-8-19-2/h9,11H,3-8,10H2,1-2H3,(H,16,18)/t14-/m1/s1. The zero-order valence-corrected chi connectivity index (χ0v) is 12.2. The second-order valence-corrected chi connectivity index (χ2v) is 5.29. The number of ether oxygens (including phenoxy) is 2. The molecule has 20 heavy (non-hydrogen) atoms. The summed E-state index contributed by atoms with van der Waals surface area (Å²) < 4.78 is 12.7. The van der Waals surface area contributed by atoms with Crippen LogP contribution in [0.1, 0.15) is 31.9 Å². The number of nitrogens with one attached hydrogen (secondary N) is 1. The fraction of sp³-hybridized carbons (Fsp3) is 0.714. The van der Waals surface area contributed by atoms with E-state index >= 15 is 0 Å². The van der Waals surface area contributed by atoms with Crippen molar-refractivity contribution in [3.8, 4) is 0 Å². The summed E-state index contributed by atoms with van der Waals surface area (Å²) in [6.45, 7) is 4.34. The fourth-order valence-corrected chi connectivity index (χ4v) is 2.36. The Kier molecular flexibility index (Phi) is 5.14. The summed E-state index contributed by atoms with van der Waals surface area (Å²) in [4.78, 5) is 16.4. The zero-order chi connectivity index (χ0) is 14.4. The van der Waals surface area contributed by atoms with E-state index in [0.717, 1.165) is 31.5 Å². The van der Waals surface area contributed by atoms with Gasteiger partial charge in [0.2, 0.25) is 0 Å². The van der Waals surface area contributed by atoms with E-state index in [1.165, 1.54) is 0 Å². The molecular weight excluding hydrogens is 258 g/mol. The number of nitrogens with zero attached hydrogens (tertiary/aromatic N) is 2. The van der Waals surface area contributed by atoms with E-state index in [4.69, 9.17) is 9.47 Å². The van der Waals surface area contributed by atoms with Gasteiger partial charge in [0.05, 0.1) is 25.2 Å². The van der Waals surface area contributed by atoms with E-state index in [2.05, 4.69) is 10.3 Å². The third kappa shape index (κ3) is 3.58. The van der Waals surface area contributed by atoms with Gasteiger partial charge in [-0.05, 0) is 26.2 Å². The van der Waals surface area contributed by atoms with Crippen molar-refractivity contribution in [1.82, 2.24) is 14.9 Å². The summed E-state index contributed by atoms with van der Waals surface area (Å²) in [5.41, 5.74) is 0.283. The molecule has 1 saturated heterocycles. The van der Waals surface area contributed by atoms with Gasteiger partial charge in [-0.25, -0.2) is 4.98 Å². The number of imidazole rings is 1. The number of methoxy groups -OCH3 is 1. The van der Waals surface area contributed by atoms with Crippen LogP contribution in [-0.4, -0.2) is 41.4 Å². The molecule has 1 aromatic heterocycles. The van der Waals surface area contributed by atoms with E-state index in [-0.39, 0.29) is 5.91 Å².